The first-order valence-electron chi connectivity index (χ1n) is 6.17. The third-order valence-corrected chi connectivity index (χ3v) is 3.05. The molecule has 0 fully saturated rings. The number of nitrogens with zero attached hydrogens (tertiary/aromatic N) is 1. The minimum atomic E-state index is -0.192. The van der Waals surface area contributed by atoms with Gasteiger partial charge in [-0.3, -0.25) is 4.79 Å². The average molecular weight is 264 g/mol. The molecule has 0 saturated carbocycles. The maximum Gasteiger partial charge on any atom is 0.272 e. The Hall–Kier alpha value is -2.88. The number of aromatic nitrogens is 2. The summed E-state index contributed by atoms with van der Waals surface area (Å²) in [6, 6.07) is 12.5. The van der Waals surface area contributed by atoms with E-state index in [0.29, 0.717) is 5.39 Å². The van der Waals surface area contributed by atoms with Crippen LogP contribution in [0.1, 0.15) is 11.1 Å². The molecule has 0 bridgehead atoms. The van der Waals surface area contributed by atoms with Gasteiger partial charge in [0, 0.05) is 5.39 Å². The summed E-state index contributed by atoms with van der Waals surface area (Å²) in [6.45, 7) is 0. The fourth-order valence-corrected chi connectivity index (χ4v) is 1.99. The van der Waals surface area contributed by atoms with Crippen LogP contribution in [0.2, 0.25) is 0 Å². The number of aromatic amines is 1. The second-order valence-corrected chi connectivity index (χ2v) is 4.47. The Balaban J connectivity index is 1.96. The maximum atomic E-state index is 11.7. The first-order chi connectivity index (χ1) is 9.72. The van der Waals surface area contributed by atoms with Crippen molar-refractivity contribution in [1.82, 2.24) is 10.2 Å². The molecule has 98 valence electrons. The Bertz CT molecular complexity index is 833. The number of fused-ring (bicyclic) bond motifs is 1. The number of nitrogens with one attached hydrogen (secondary N) is 1. The van der Waals surface area contributed by atoms with Crippen molar-refractivity contribution in [3.63, 3.8) is 0 Å². The molecule has 4 nitrogen and oxygen atoms in total. The van der Waals surface area contributed by atoms with Crippen LogP contribution in [0.5, 0.6) is 5.75 Å². The largest absolute Gasteiger partial charge is 0.508 e. The van der Waals surface area contributed by atoms with Crippen molar-refractivity contribution in [3.05, 3.63) is 70.1 Å². The van der Waals surface area contributed by atoms with E-state index in [1.54, 1.807) is 18.3 Å². The lowest BCUT2D eigenvalue weighted by Crippen LogP contribution is -2.07. The van der Waals surface area contributed by atoms with Crippen LogP contribution in [0.25, 0.3) is 22.9 Å². The number of rotatable bonds is 2. The number of aromatic hydroxyl groups is 1. The van der Waals surface area contributed by atoms with Crippen molar-refractivity contribution in [2.24, 2.45) is 0 Å². The molecule has 0 aliphatic heterocycles. The van der Waals surface area contributed by atoms with Crippen LogP contribution >= 0.6 is 0 Å². The zero-order chi connectivity index (χ0) is 13.9. The highest BCUT2D eigenvalue weighted by atomic mass is 16.3. The molecule has 1 heterocycles. The second kappa shape index (κ2) is 5.01. The molecule has 3 rings (SSSR count). The van der Waals surface area contributed by atoms with Crippen molar-refractivity contribution < 1.29 is 5.11 Å². The smallest absolute Gasteiger partial charge is 0.272 e. The fraction of sp³-hybridized carbons (Fsp3) is 0. The molecule has 3 aromatic rings. The van der Waals surface area contributed by atoms with Crippen molar-refractivity contribution in [2.45, 2.75) is 0 Å². The van der Waals surface area contributed by atoms with E-state index in [9.17, 15) is 9.90 Å². The van der Waals surface area contributed by atoms with Gasteiger partial charge in [0.05, 0.1) is 11.6 Å². The normalized spacial score (nSPS) is 11.2. The second-order valence-electron chi connectivity index (χ2n) is 4.47. The van der Waals surface area contributed by atoms with Gasteiger partial charge in [-0.05, 0) is 29.3 Å². The van der Waals surface area contributed by atoms with Gasteiger partial charge in [-0.15, -0.1) is 0 Å². The Morgan fingerprint density at radius 3 is 2.50 bits per heavy atom. The molecule has 4 heteroatoms. The van der Waals surface area contributed by atoms with Gasteiger partial charge in [0.1, 0.15) is 5.75 Å². The van der Waals surface area contributed by atoms with Crippen LogP contribution in [0.3, 0.4) is 0 Å². The van der Waals surface area contributed by atoms with Crippen molar-refractivity contribution in [1.29, 1.82) is 0 Å². The van der Waals surface area contributed by atoms with Gasteiger partial charge in [-0.2, -0.15) is 5.10 Å². The third kappa shape index (κ3) is 2.44. The van der Waals surface area contributed by atoms with Gasteiger partial charge in [0.15, 0.2) is 0 Å². The molecule has 2 aromatic carbocycles. The van der Waals surface area contributed by atoms with Crippen LogP contribution in [-0.4, -0.2) is 15.3 Å². The molecule has 20 heavy (non-hydrogen) atoms. The summed E-state index contributed by atoms with van der Waals surface area (Å²) in [7, 11) is 0. The number of phenols is 1. The summed E-state index contributed by atoms with van der Waals surface area (Å²) in [4.78, 5) is 11.7. The van der Waals surface area contributed by atoms with Gasteiger partial charge >= 0.3 is 0 Å². The van der Waals surface area contributed by atoms with E-state index in [4.69, 9.17) is 0 Å². The van der Waals surface area contributed by atoms with Crippen LogP contribution in [0, 0.1) is 0 Å². The first-order valence-corrected chi connectivity index (χ1v) is 6.17. The van der Waals surface area contributed by atoms with E-state index in [0.717, 1.165) is 16.5 Å². The molecule has 0 saturated heterocycles. The van der Waals surface area contributed by atoms with E-state index >= 15 is 0 Å². The van der Waals surface area contributed by atoms with E-state index in [1.165, 1.54) is 0 Å². The topological polar surface area (TPSA) is 66.0 Å². The number of H-pyrrole nitrogens is 1. The SMILES string of the molecule is O=c1[nH]ncc2ccc(/C=C/c3ccc(O)cc3)cc12. The number of hydrogen-bond donors (Lipinski definition) is 2. The molecule has 0 amide bonds. The van der Waals surface area contributed by atoms with Gasteiger partial charge in [-0.25, -0.2) is 5.10 Å². The van der Waals surface area contributed by atoms with Crippen molar-refractivity contribution >= 4 is 22.9 Å². The summed E-state index contributed by atoms with van der Waals surface area (Å²) in [5, 5.41) is 16.8. The molecule has 0 aliphatic carbocycles. The molecule has 0 unspecified atom stereocenters. The highest BCUT2D eigenvalue weighted by molar-refractivity contribution is 5.84. The molecule has 2 N–H and O–H groups in total. The number of hydrogen-bond acceptors (Lipinski definition) is 3. The monoisotopic (exact) mass is 264 g/mol. The summed E-state index contributed by atoms with van der Waals surface area (Å²) in [5.74, 6) is 0.242. The van der Waals surface area contributed by atoms with Crippen LogP contribution < -0.4 is 5.56 Å². The molecule has 0 aliphatic rings. The van der Waals surface area contributed by atoms with Crippen LogP contribution in [-0.2, 0) is 0 Å². The zero-order valence-corrected chi connectivity index (χ0v) is 10.6. The highest BCUT2D eigenvalue weighted by Crippen LogP contribution is 2.15. The Morgan fingerprint density at radius 2 is 1.70 bits per heavy atom. The van der Waals surface area contributed by atoms with E-state index < -0.39 is 0 Å². The average Bonchev–Trinajstić information content (AvgIpc) is 2.47. The minimum absolute atomic E-state index is 0.192. The lowest BCUT2D eigenvalue weighted by atomic mass is 10.1. The van der Waals surface area contributed by atoms with Gasteiger partial charge in [0.25, 0.3) is 5.56 Å². The Labute approximate surface area is 115 Å². The predicted octanol–water partition coefficient (Wildman–Crippen LogP) is 2.80. The Morgan fingerprint density at radius 1 is 1.00 bits per heavy atom. The standard InChI is InChI=1S/C16H12N2O2/c19-14-7-4-11(5-8-14)1-2-12-3-6-13-10-17-18-16(20)15(13)9-12/h1-10,19H,(H,18,20)/b2-1+. The van der Waals surface area contributed by atoms with Crippen LogP contribution in [0.4, 0.5) is 0 Å². The molecule has 0 spiro atoms. The predicted molar refractivity (Wildman–Crippen MR) is 79.4 cm³/mol. The van der Waals surface area contributed by atoms with E-state index in [1.807, 2.05) is 42.5 Å². The fourth-order valence-electron chi connectivity index (χ4n) is 1.99. The summed E-state index contributed by atoms with van der Waals surface area (Å²) >= 11 is 0. The molecule has 1 aromatic heterocycles. The van der Waals surface area contributed by atoms with Crippen molar-refractivity contribution in [2.75, 3.05) is 0 Å². The van der Waals surface area contributed by atoms with Gasteiger partial charge in [0.2, 0.25) is 0 Å². The van der Waals surface area contributed by atoms with E-state index in [2.05, 4.69) is 10.2 Å². The highest BCUT2D eigenvalue weighted by Gasteiger charge is 1.98. The maximum absolute atomic E-state index is 11.7. The van der Waals surface area contributed by atoms with Gasteiger partial charge < -0.3 is 5.11 Å². The van der Waals surface area contributed by atoms with Gasteiger partial charge in [-0.1, -0.05) is 36.4 Å². The number of benzene rings is 2. The Kier molecular flexibility index (Phi) is 3.05. The first kappa shape index (κ1) is 12.2. The molecule has 0 atom stereocenters. The summed E-state index contributed by atoms with van der Waals surface area (Å²) in [5.41, 5.74) is 1.72. The van der Waals surface area contributed by atoms with Crippen molar-refractivity contribution in [3.8, 4) is 5.75 Å². The quantitative estimate of drug-likeness (QED) is 0.699. The molecule has 0 radical (unpaired) electrons. The van der Waals surface area contributed by atoms with E-state index in [-0.39, 0.29) is 11.3 Å². The lowest BCUT2D eigenvalue weighted by molar-refractivity contribution is 0.475. The van der Waals surface area contributed by atoms with Crippen LogP contribution in [0.15, 0.2) is 53.5 Å². The molecular weight excluding hydrogens is 252 g/mol. The zero-order valence-electron chi connectivity index (χ0n) is 10.6. The number of phenolic OH excluding ortho intramolecular Hbond substituents is 1. The third-order valence-electron chi connectivity index (χ3n) is 3.05. The summed E-state index contributed by atoms with van der Waals surface area (Å²) in [6.07, 6.45) is 5.48. The molecular formula is C16H12N2O2. The lowest BCUT2D eigenvalue weighted by Gasteiger charge is -1.98. The minimum Gasteiger partial charge on any atom is -0.508 e. The summed E-state index contributed by atoms with van der Waals surface area (Å²) < 4.78 is 0.